The molecular formula is C14H13N5O3S. The zero-order chi connectivity index (χ0) is 16.3. The molecule has 0 saturated carbocycles. The Morgan fingerprint density at radius 3 is 2.35 bits per heavy atom. The lowest BCUT2D eigenvalue weighted by atomic mass is 10.2. The molecule has 0 amide bonds. The second-order valence-corrected chi connectivity index (χ2v) is 6.42. The van der Waals surface area contributed by atoms with Crippen molar-refractivity contribution in [1.29, 1.82) is 0 Å². The molecule has 8 nitrogen and oxygen atoms in total. The molecule has 0 aliphatic rings. The van der Waals surface area contributed by atoms with Crippen LogP contribution in [0.5, 0.6) is 11.8 Å². The maximum absolute atomic E-state index is 12.3. The van der Waals surface area contributed by atoms with E-state index in [0.717, 1.165) is 5.56 Å². The van der Waals surface area contributed by atoms with Crippen molar-refractivity contribution in [3.05, 3.63) is 54.1 Å². The molecule has 0 bridgehead atoms. The van der Waals surface area contributed by atoms with Gasteiger partial charge in [-0.15, -0.1) is 0 Å². The van der Waals surface area contributed by atoms with Crippen LogP contribution in [-0.2, 0) is 10.0 Å². The molecule has 1 heterocycles. The minimum atomic E-state index is -3.62. The molecule has 0 saturated heterocycles. The molecule has 0 aliphatic carbocycles. The maximum Gasteiger partial charge on any atom is 0.361 e. The van der Waals surface area contributed by atoms with E-state index in [0.29, 0.717) is 11.4 Å². The van der Waals surface area contributed by atoms with Gasteiger partial charge in [0.2, 0.25) is 0 Å². The summed E-state index contributed by atoms with van der Waals surface area (Å²) in [5, 5.41) is 13.0. The molecule has 0 atom stereocenters. The summed E-state index contributed by atoms with van der Waals surface area (Å²) in [5.41, 5.74) is 1.41. The van der Waals surface area contributed by atoms with E-state index in [4.69, 9.17) is 4.74 Å². The molecular weight excluding hydrogens is 318 g/mol. The lowest BCUT2D eigenvalue weighted by molar-refractivity contribution is 0.442. The van der Waals surface area contributed by atoms with E-state index < -0.39 is 10.0 Å². The standard InChI is InChI=1S/C14H13N5O3S/c1-10-2-8-13(9-3-10)23(20,21)17-11-4-6-12(7-5-11)22-14-15-18-19-16-14/h2-9,17H,1H3,(H,15,16,18,19). The Labute approximate surface area is 132 Å². The lowest BCUT2D eigenvalue weighted by Crippen LogP contribution is -2.12. The van der Waals surface area contributed by atoms with Crippen molar-refractivity contribution in [1.82, 2.24) is 20.6 Å². The van der Waals surface area contributed by atoms with Crippen LogP contribution < -0.4 is 9.46 Å². The number of sulfonamides is 1. The van der Waals surface area contributed by atoms with Gasteiger partial charge in [0.05, 0.1) is 4.90 Å². The number of benzene rings is 2. The first kappa shape index (κ1) is 15.0. The number of nitrogens with one attached hydrogen (secondary N) is 2. The second-order valence-electron chi connectivity index (χ2n) is 4.74. The SMILES string of the molecule is Cc1ccc(S(=O)(=O)Nc2ccc(Oc3nn[nH]n3)cc2)cc1. The average molecular weight is 331 g/mol. The normalized spacial score (nSPS) is 11.2. The molecule has 2 aromatic carbocycles. The van der Waals surface area contributed by atoms with Gasteiger partial charge in [0, 0.05) is 5.69 Å². The second kappa shape index (κ2) is 6.05. The fourth-order valence-electron chi connectivity index (χ4n) is 1.82. The van der Waals surface area contributed by atoms with Crippen LogP contribution in [0, 0.1) is 6.92 Å². The van der Waals surface area contributed by atoms with Gasteiger partial charge in [-0.25, -0.2) is 8.42 Å². The van der Waals surface area contributed by atoms with Gasteiger partial charge in [0.25, 0.3) is 10.0 Å². The number of nitrogens with zero attached hydrogens (tertiary/aromatic N) is 3. The topological polar surface area (TPSA) is 110 Å². The van der Waals surface area contributed by atoms with E-state index in [1.54, 1.807) is 48.5 Å². The molecule has 3 rings (SSSR count). The number of hydrogen-bond donors (Lipinski definition) is 2. The lowest BCUT2D eigenvalue weighted by Gasteiger charge is -2.09. The number of tetrazole rings is 1. The number of aryl methyl sites for hydroxylation is 1. The van der Waals surface area contributed by atoms with Crippen LogP contribution in [0.15, 0.2) is 53.4 Å². The van der Waals surface area contributed by atoms with Gasteiger partial charge in [-0.05, 0) is 48.5 Å². The number of hydrogen-bond acceptors (Lipinski definition) is 6. The third kappa shape index (κ3) is 3.64. The Kier molecular flexibility index (Phi) is 3.94. The molecule has 0 unspecified atom stereocenters. The van der Waals surface area contributed by atoms with Gasteiger partial charge in [0.15, 0.2) is 0 Å². The third-order valence-corrected chi connectivity index (χ3v) is 4.37. The van der Waals surface area contributed by atoms with Crippen molar-refractivity contribution in [3.8, 4) is 11.8 Å². The average Bonchev–Trinajstić information content (AvgIpc) is 3.02. The van der Waals surface area contributed by atoms with E-state index in [2.05, 4.69) is 25.3 Å². The van der Waals surface area contributed by atoms with Gasteiger partial charge < -0.3 is 4.74 Å². The van der Waals surface area contributed by atoms with Crippen LogP contribution in [0.3, 0.4) is 0 Å². The summed E-state index contributed by atoms with van der Waals surface area (Å²) in [6.07, 6.45) is 0. The van der Waals surface area contributed by atoms with Crippen LogP contribution in [0.25, 0.3) is 0 Å². The zero-order valence-corrected chi connectivity index (χ0v) is 12.9. The number of rotatable bonds is 5. The monoisotopic (exact) mass is 331 g/mol. The summed E-state index contributed by atoms with van der Waals surface area (Å²) in [5.74, 6) is 0.463. The Morgan fingerprint density at radius 2 is 1.74 bits per heavy atom. The maximum atomic E-state index is 12.3. The predicted octanol–water partition coefficient (Wildman–Crippen LogP) is 2.10. The number of ether oxygens (including phenoxy) is 1. The molecule has 0 radical (unpaired) electrons. The van der Waals surface area contributed by atoms with Crippen molar-refractivity contribution in [3.63, 3.8) is 0 Å². The van der Waals surface area contributed by atoms with E-state index in [-0.39, 0.29) is 10.9 Å². The zero-order valence-electron chi connectivity index (χ0n) is 12.1. The quantitative estimate of drug-likeness (QED) is 0.741. The van der Waals surface area contributed by atoms with Gasteiger partial charge in [-0.3, -0.25) is 4.72 Å². The summed E-state index contributed by atoms with van der Waals surface area (Å²) in [6.45, 7) is 1.90. The smallest absolute Gasteiger partial charge is 0.361 e. The summed E-state index contributed by atoms with van der Waals surface area (Å²) in [4.78, 5) is 0.204. The number of anilines is 1. The molecule has 0 aliphatic heterocycles. The number of H-pyrrole nitrogens is 1. The molecule has 118 valence electrons. The first-order valence-corrected chi connectivity index (χ1v) is 8.12. The Hall–Kier alpha value is -2.94. The van der Waals surface area contributed by atoms with E-state index in [9.17, 15) is 8.42 Å². The first-order valence-electron chi connectivity index (χ1n) is 6.64. The minimum absolute atomic E-state index is 0.0815. The van der Waals surface area contributed by atoms with E-state index in [1.165, 1.54) is 0 Å². The molecule has 23 heavy (non-hydrogen) atoms. The minimum Gasteiger partial charge on any atom is -0.422 e. The molecule has 1 aromatic heterocycles. The highest BCUT2D eigenvalue weighted by atomic mass is 32.2. The van der Waals surface area contributed by atoms with Crippen molar-refractivity contribution in [2.24, 2.45) is 0 Å². The highest BCUT2D eigenvalue weighted by molar-refractivity contribution is 7.92. The van der Waals surface area contributed by atoms with Crippen molar-refractivity contribution in [2.45, 2.75) is 11.8 Å². The van der Waals surface area contributed by atoms with Crippen LogP contribution in [0.4, 0.5) is 5.69 Å². The van der Waals surface area contributed by atoms with E-state index >= 15 is 0 Å². The fraction of sp³-hybridized carbons (Fsp3) is 0.0714. The van der Waals surface area contributed by atoms with Gasteiger partial charge in [-0.1, -0.05) is 27.9 Å². The summed E-state index contributed by atoms with van der Waals surface area (Å²) < 4.78 is 32.4. The number of aromatic nitrogens is 4. The molecule has 2 N–H and O–H groups in total. The van der Waals surface area contributed by atoms with E-state index in [1.807, 2.05) is 6.92 Å². The van der Waals surface area contributed by atoms with Gasteiger partial charge in [0.1, 0.15) is 5.75 Å². The van der Waals surface area contributed by atoms with Gasteiger partial charge >= 0.3 is 6.01 Å². The Balaban J connectivity index is 1.73. The molecule has 0 spiro atoms. The van der Waals surface area contributed by atoms with Crippen LogP contribution >= 0.6 is 0 Å². The number of aromatic amines is 1. The van der Waals surface area contributed by atoms with Crippen molar-refractivity contribution in [2.75, 3.05) is 4.72 Å². The summed E-state index contributed by atoms with van der Waals surface area (Å²) >= 11 is 0. The van der Waals surface area contributed by atoms with Crippen LogP contribution in [0.1, 0.15) is 5.56 Å². The molecule has 9 heteroatoms. The molecule has 0 fully saturated rings. The largest absolute Gasteiger partial charge is 0.422 e. The highest BCUT2D eigenvalue weighted by Gasteiger charge is 2.13. The summed E-state index contributed by atoms with van der Waals surface area (Å²) in [6, 6.07) is 13.1. The predicted molar refractivity (Wildman–Crippen MR) is 82.7 cm³/mol. The Bertz CT molecular complexity index is 875. The summed E-state index contributed by atoms with van der Waals surface area (Å²) in [7, 11) is -3.62. The fourth-order valence-corrected chi connectivity index (χ4v) is 2.88. The van der Waals surface area contributed by atoms with Crippen molar-refractivity contribution >= 4 is 15.7 Å². The Morgan fingerprint density at radius 1 is 1.04 bits per heavy atom. The first-order chi connectivity index (χ1) is 11.0. The van der Waals surface area contributed by atoms with Crippen LogP contribution in [-0.4, -0.2) is 29.0 Å². The highest BCUT2D eigenvalue weighted by Crippen LogP contribution is 2.21. The third-order valence-electron chi connectivity index (χ3n) is 2.97. The molecule has 3 aromatic rings. The van der Waals surface area contributed by atoms with Crippen LogP contribution in [0.2, 0.25) is 0 Å². The van der Waals surface area contributed by atoms with Crippen molar-refractivity contribution < 1.29 is 13.2 Å². The van der Waals surface area contributed by atoms with Gasteiger partial charge in [-0.2, -0.15) is 5.21 Å².